The van der Waals surface area contributed by atoms with Gasteiger partial charge in [0.25, 0.3) is 0 Å². The average molecular weight is 222 g/mol. The van der Waals surface area contributed by atoms with Crippen LogP contribution in [0.3, 0.4) is 0 Å². The molecule has 1 rings (SSSR count). The molecule has 0 spiro atoms. The fourth-order valence-corrected chi connectivity index (χ4v) is 1.71. The van der Waals surface area contributed by atoms with Crippen LogP contribution in [-0.4, -0.2) is 24.1 Å². The molecule has 0 aliphatic rings. The molecule has 3 heteroatoms. The molecular formula is C13H18O3. The summed E-state index contributed by atoms with van der Waals surface area (Å²) in [5.41, 5.74) is 1.02. The molecule has 1 aromatic rings. The first-order chi connectivity index (χ1) is 7.48. The van der Waals surface area contributed by atoms with E-state index < -0.39 is 5.60 Å². The van der Waals surface area contributed by atoms with Gasteiger partial charge in [-0.3, -0.25) is 0 Å². The molecule has 0 radical (unpaired) electrons. The molecule has 3 nitrogen and oxygen atoms in total. The third kappa shape index (κ3) is 3.35. The molecule has 0 aromatic heterocycles. The standard InChI is InChI=1S/C13H18O3/c1-10-4-5-12(16-3)11(8-10)9-13(2,15)6-7-14/h4-5,7-8,15H,6,9H2,1-3H3. The molecule has 1 unspecified atom stereocenters. The maximum atomic E-state index is 10.4. The number of aliphatic hydroxyl groups is 1. The highest BCUT2D eigenvalue weighted by Gasteiger charge is 2.22. The van der Waals surface area contributed by atoms with E-state index in [9.17, 15) is 9.90 Å². The quantitative estimate of drug-likeness (QED) is 0.774. The Morgan fingerprint density at radius 3 is 2.75 bits per heavy atom. The van der Waals surface area contributed by atoms with E-state index in [1.54, 1.807) is 14.0 Å². The average Bonchev–Trinajstić information content (AvgIpc) is 2.17. The van der Waals surface area contributed by atoms with Gasteiger partial charge in [-0.15, -0.1) is 0 Å². The Morgan fingerprint density at radius 1 is 1.50 bits per heavy atom. The van der Waals surface area contributed by atoms with E-state index in [0.29, 0.717) is 6.42 Å². The molecule has 0 saturated carbocycles. The van der Waals surface area contributed by atoms with Crippen LogP contribution in [0.4, 0.5) is 0 Å². The highest BCUT2D eigenvalue weighted by atomic mass is 16.5. The van der Waals surface area contributed by atoms with E-state index in [4.69, 9.17) is 4.74 Å². The lowest BCUT2D eigenvalue weighted by molar-refractivity contribution is -0.111. The second-order valence-corrected chi connectivity index (χ2v) is 4.36. The molecular weight excluding hydrogens is 204 g/mol. The van der Waals surface area contributed by atoms with Gasteiger partial charge in [-0.05, 0) is 25.5 Å². The van der Waals surface area contributed by atoms with Gasteiger partial charge in [-0.1, -0.05) is 17.7 Å². The van der Waals surface area contributed by atoms with Crippen molar-refractivity contribution in [1.82, 2.24) is 0 Å². The Labute approximate surface area is 96.1 Å². The van der Waals surface area contributed by atoms with Gasteiger partial charge in [0, 0.05) is 12.8 Å². The Hall–Kier alpha value is -1.35. The second-order valence-electron chi connectivity index (χ2n) is 4.36. The number of benzene rings is 1. The first kappa shape index (κ1) is 12.7. The van der Waals surface area contributed by atoms with Crippen molar-refractivity contribution in [3.8, 4) is 5.75 Å². The van der Waals surface area contributed by atoms with E-state index in [1.165, 1.54) is 0 Å². The maximum Gasteiger partial charge on any atom is 0.122 e. The Bertz CT molecular complexity index is 369. The first-order valence-electron chi connectivity index (χ1n) is 5.28. The molecule has 16 heavy (non-hydrogen) atoms. The van der Waals surface area contributed by atoms with Gasteiger partial charge in [0.2, 0.25) is 0 Å². The minimum atomic E-state index is -1.01. The van der Waals surface area contributed by atoms with E-state index in [-0.39, 0.29) is 6.42 Å². The highest BCUT2D eigenvalue weighted by Crippen LogP contribution is 2.25. The normalized spacial score (nSPS) is 14.2. The summed E-state index contributed by atoms with van der Waals surface area (Å²) in [5, 5.41) is 9.99. The molecule has 0 fully saturated rings. The molecule has 1 atom stereocenters. The van der Waals surface area contributed by atoms with Crippen molar-refractivity contribution in [3.05, 3.63) is 29.3 Å². The van der Waals surface area contributed by atoms with Crippen molar-refractivity contribution in [2.75, 3.05) is 7.11 Å². The largest absolute Gasteiger partial charge is 0.496 e. The lowest BCUT2D eigenvalue weighted by Crippen LogP contribution is -2.27. The van der Waals surface area contributed by atoms with Crippen LogP contribution in [0.5, 0.6) is 5.75 Å². The predicted octanol–water partition coefficient (Wildman–Crippen LogP) is 1.89. The van der Waals surface area contributed by atoms with Crippen LogP contribution in [0, 0.1) is 6.92 Å². The molecule has 0 aliphatic carbocycles. The van der Waals surface area contributed by atoms with Gasteiger partial charge in [0.1, 0.15) is 12.0 Å². The lowest BCUT2D eigenvalue weighted by Gasteiger charge is -2.22. The minimum Gasteiger partial charge on any atom is -0.496 e. The summed E-state index contributed by atoms with van der Waals surface area (Å²) in [6.07, 6.45) is 1.28. The Morgan fingerprint density at radius 2 is 2.19 bits per heavy atom. The number of aryl methyl sites for hydroxylation is 1. The lowest BCUT2D eigenvalue weighted by atomic mass is 9.92. The zero-order chi connectivity index (χ0) is 12.2. The van der Waals surface area contributed by atoms with Gasteiger partial charge < -0.3 is 14.6 Å². The molecule has 0 bridgehead atoms. The summed E-state index contributed by atoms with van der Waals surface area (Å²) < 4.78 is 5.22. The fraction of sp³-hybridized carbons (Fsp3) is 0.462. The van der Waals surface area contributed by atoms with Gasteiger partial charge in [0.15, 0.2) is 0 Å². The fourth-order valence-electron chi connectivity index (χ4n) is 1.71. The number of rotatable bonds is 5. The monoisotopic (exact) mass is 222 g/mol. The van der Waals surface area contributed by atoms with Crippen molar-refractivity contribution < 1.29 is 14.6 Å². The summed E-state index contributed by atoms with van der Waals surface area (Å²) in [6, 6.07) is 5.80. The van der Waals surface area contributed by atoms with Crippen molar-refractivity contribution in [1.29, 1.82) is 0 Å². The molecule has 0 amide bonds. The summed E-state index contributed by atoms with van der Waals surface area (Å²) >= 11 is 0. The van der Waals surface area contributed by atoms with Crippen LogP contribution in [0.25, 0.3) is 0 Å². The summed E-state index contributed by atoms with van der Waals surface area (Å²) in [7, 11) is 1.60. The number of methoxy groups -OCH3 is 1. The number of hydrogen-bond donors (Lipinski definition) is 1. The predicted molar refractivity (Wildman–Crippen MR) is 62.7 cm³/mol. The molecule has 88 valence electrons. The van der Waals surface area contributed by atoms with Crippen LogP contribution in [0.2, 0.25) is 0 Å². The number of carbonyl (C=O) groups excluding carboxylic acids is 1. The second kappa shape index (κ2) is 5.12. The van der Waals surface area contributed by atoms with E-state index in [0.717, 1.165) is 23.2 Å². The minimum absolute atomic E-state index is 0.129. The van der Waals surface area contributed by atoms with Crippen molar-refractivity contribution in [3.63, 3.8) is 0 Å². The third-order valence-corrected chi connectivity index (χ3v) is 2.53. The molecule has 1 aromatic carbocycles. The van der Waals surface area contributed by atoms with Crippen LogP contribution in [0.15, 0.2) is 18.2 Å². The van der Waals surface area contributed by atoms with Gasteiger partial charge in [-0.2, -0.15) is 0 Å². The van der Waals surface area contributed by atoms with Crippen LogP contribution in [0.1, 0.15) is 24.5 Å². The number of carbonyl (C=O) groups is 1. The Kier molecular flexibility index (Phi) is 4.07. The van der Waals surface area contributed by atoms with E-state index >= 15 is 0 Å². The van der Waals surface area contributed by atoms with Gasteiger partial charge in [0.05, 0.1) is 12.7 Å². The van der Waals surface area contributed by atoms with E-state index in [1.807, 2.05) is 25.1 Å². The molecule has 1 N–H and O–H groups in total. The smallest absolute Gasteiger partial charge is 0.122 e. The zero-order valence-electron chi connectivity index (χ0n) is 9.99. The zero-order valence-corrected chi connectivity index (χ0v) is 9.99. The first-order valence-corrected chi connectivity index (χ1v) is 5.28. The number of aldehydes is 1. The summed E-state index contributed by atoms with van der Waals surface area (Å²) in [5.74, 6) is 0.747. The topological polar surface area (TPSA) is 46.5 Å². The van der Waals surface area contributed by atoms with Crippen molar-refractivity contribution in [2.24, 2.45) is 0 Å². The van der Waals surface area contributed by atoms with Crippen LogP contribution >= 0.6 is 0 Å². The molecule has 0 aliphatic heterocycles. The van der Waals surface area contributed by atoms with Gasteiger partial charge >= 0.3 is 0 Å². The summed E-state index contributed by atoms with van der Waals surface area (Å²) in [6.45, 7) is 3.64. The molecule has 0 heterocycles. The SMILES string of the molecule is COc1ccc(C)cc1CC(C)(O)CC=O. The van der Waals surface area contributed by atoms with Gasteiger partial charge in [-0.25, -0.2) is 0 Å². The summed E-state index contributed by atoms with van der Waals surface area (Å²) in [4.78, 5) is 10.4. The van der Waals surface area contributed by atoms with Crippen molar-refractivity contribution in [2.45, 2.75) is 32.3 Å². The van der Waals surface area contributed by atoms with Crippen LogP contribution < -0.4 is 4.74 Å². The van der Waals surface area contributed by atoms with Crippen molar-refractivity contribution >= 4 is 6.29 Å². The number of ether oxygens (including phenoxy) is 1. The number of hydrogen-bond acceptors (Lipinski definition) is 3. The Balaban J connectivity index is 2.94. The highest BCUT2D eigenvalue weighted by molar-refractivity contribution is 5.51. The molecule has 0 saturated heterocycles. The third-order valence-electron chi connectivity index (χ3n) is 2.53. The van der Waals surface area contributed by atoms with E-state index in [2.05, 4.69) is 0 Å². The van der Waals surface area contributed by atoms with Crippen LogP contribution in [-0.2, 0) is 11.2 Å². The maximum absolute atomic E-state index is 10.4.